The van der Waals surface area contributed by atoms with Crippen LogP contribution in [0.25, 0.3) is 0 Å². The smallest absolute Gasteiger partial charge is 0.0121 e. The highest BCUT2D eigenvalue weighted by Gasteiger charge is 2.34. The van der Waals surface area contributed by atoms with Gasteiger partial charge in [0, 0.05) is 6.04 Å². The molecule has 1 heteroatoms. The molecule has 0 saturated heterocycles. The molecule has 96 valence electrons. The van der Waals surface area contributed by atoms with Gasteiger partial charge < -0.3 is 5.32 Å². The van der Waals surface area contributed by atoms with Crippen LogP contribution in [-0.2, 0) is 0 Å². The molecule has 0 aromatic carbocycles. The first-order valence-electron chi connectivity index (χ1n) is 7.31. The summed E-state index contributed by atoms with van der Waals surface area (Å²) in [5.74, 6) is 3.48. The Balaban J connectivity index is 2.70. The molecule has 1 N–H and O–H groups in total. The summed E-state index contributed by atoms with van der Waals surface area (Å²) in [5, 5.41) is 3.74. The maximum absolute atomic E-state index is 3.74. The highest BCUT2D eigenvalue weighted by molar-refractivity contribution is 4.87. The van der Waals surface area contributed by atoms with Crippen molar-refractivity contribution in [2.45, 2.75) is 66.3 Å². The van der Waals surface area contributed by atoms with Crippen LogP contribution in [0.1, 0.15) is 60.3 Å². The lowest BCUT2D eigenvalue weighted by Crippen LogP contribution is -2.45. The van der Waals surface area contributed by atoms with E-state index in [1.54, 1.807) is 0 Å². The summed E-state index contributed by atoms with van der Waals surface area (Å²) in [6, 6.07) is 0.734. The highest BCUT2D eigenvalue weighted by Crippen LogP contribution is 2.38. The zero-order chi connectivity index (χ0) is 12.1. The van der Waals surface area contributed by atoms with Gasteiger partial charge in [-0.2, -0.15) is 0 Å². The van der Waals surface area contributed by atoms with Gasteiger partial charge in [0.1, 0.15) is 0 Å². The Morgan fingerprint density at radius 1 is 1.00 bits per heavy atom. The molecule has 0 heterocycles. The van der Waals surface area contributed by atoms with Crippen molar-refractivity contribution >= 4 is 0 Å². The fourth-order valence-corrected chi connectivity index (χ4v) is 3.58. The van der Waals surface area contributed by atoms with E-state index in [1.807, 2.05) is 0 Å². The Kier molecular flexibility index (Phi) is 5.82. The Bertz CT molecular complexity index is 186. The van der Waals surface area contributed by atoms with Crippen LogP contribution in [0.4, 0.5) is 0 Å². The van der Waals surface area contributed by atoms with Crippen molar-refractivity contribution in [3.8, 4) is 0 Å². The first kappa shape index (κ1) is 14.0. The number of hydrogen-bond donors (Lipinski definition) is 1. The summed E-state index contributed by atoms with van der Waals surface area (Å²) < 4.78 is 0. The topological polar surface area (TPSA) is 12.0 Å². The van der Waals surface area contributed by atoms with Crippen LogP contribution < -0.4 is 5.32 Å². The minimum Gasteiger partial charge on any atom is -0.314 e. The summed E-state index contributed by atoms with van der Waals surface area (Å²) in [7, 11) is 0. The van der Waals surface area contributed by atoms with E-state index in [0.29, 0.717) is 0 Å². The largest absolute Gasteiger partial charge is 0.314 e. The van der Waals surface area contributed by atoms with Gasteiger partial charge in [-0.3, -0.25) is 0 Å². The minimum absolute atomic E-state index is 0.734. The molecule has 0 radical (unpaired) electrons. The SMILES string of the molecule is CCNC(C(C)C)C1CCCCC1C(C)C. The molecule has 1 rings (SSSR count). The molecule has 0 amide bonds. The number of nitrogens with one attached hydrogen (secondary N) is 1. The van der Waals surface area contributed by atoms with Crippen LogP contribution in [0.15, 0.2) is 0 Å². The molecule has 0 aromatic heterocycles. The molecular weight excluding hydrogens is 194 g/mol. The minimum atomic E-state index is 0.734. The van der Waals surface area contributed by atoms with E-state index in [1.165, 1.54) is 25.7 Å². The summed E-state index contributed by atoms with van der Waals surface area (Å²) in [6.45, 7) is 12.9. The summed E-state index contributed by atoms with van der Waals surface area (Å²) in [5.41, 5.74) is 0. The van der Waals surface area contributed by atoms with Crippen molar-refractivity contribution in [1.82, 2.24) is 5.32 Å². The average Bonchev–Trinajstić information content (AvgIpc) is 2.25. The van der Waals surface area contributed by atoms with E-state index in [-0.39, 0.29) is 0 Å². The second kappa shape index (κ2) is 6.64. The lowest BCUT2D eigenvalue weighted by atomic mass is 9.68. The molecule has 1 aliphatic rings. The molecule has 0 spiro atoms. The second-order valence-corrected chi connectivity index (χ2v) is 6.18. The predicted octanol–water partition coefficient (Wildman–Crippen LogP) is 4.08. The average molecular weight is 225 g/mol. The van der Waals surface area contributed by atoms with Crippen LogP contribution in [0.2, 0.25) is 0 Å². The third-order valence-corrected chi connectivity index (χ3v) is 4.35. The molecule has 3 atom stereocenters. The van der Waals surface area contributed by atoms with Crippen molar-refractivity contribution in [3.63, 3.8) is 0 Å². The molecule has 1 aliphatic carbocycles. The Labute approximate surface area is 102 Å². The van der Waals surface area contributed by atoms with Gasteiger partial charge in [-0.1, -0.05) is 47.5 Å². The Morgan fingerprint density at radius 3 is 2.00 bits per heavy atom. The third kappa shape index (κ3) is 3.48. The van der Waals surface area contributed by atoms with Gasteiger partial charge in [0.2, 0.25) is 0 Å². The van der Waals surface area contributed by atoms with Crippen molar-refractivity contribution in [1.29, 1.82) is 0 Å². The maximum atomic E-state index is 3.74. The second-order valence-electron chi connectivity index (χ2n) is 6.18. The zero-order valence-corrected chi connectivity index (χ0v) is 11.9. The third-order valence-electron chi connectivity index (χ3n) is 4.35. The van der Waals surface area contributed by atoms with Gasteiger partial charge in [0.05, 0.1) is 0 Å². The summed E-state index contributed by atoms with van der Waals surface area (Å²) in [6.07, 6.45) is 5.80. The van der Waals surface area contributed by atoms with Crippen LogP contribution in [-0.4, -0.2) is 12.6 Å². The molecule has 3 unspecified atom stereocenters. The van der Waals surface area contributed by atoms with E-state index < -0.39 is 0 Å². The van der Waals surface area contributed by atoms with Crippen LogP contribution >= 0.6 is 0 Å². The van der Waals surface area contributed by atoms with Crippen LogP contribution in [0.3, 0.4) is 0 Å². The van der Waals surface area contributed by atoms with E-state index in [9.17, 15) is 0 Å². The summed E-state index contributed by atoms with van der Waals surface area (Å²) in [4.78, 5) is 0. The van der Waals surface area contributed by atoms with Gasteiger partial charge in [-0.25, -0.2) is 0 Å². The standard InChI is InChI=1S/C15H31N/c1-6-16-15(12(4)5)14-10-8-7-9-13(14)11(2)3/h11-16H,6-10H2,1-5H3. The van der Waals surface area contributed by atoms with E-state index in [4.69, 9.17) is 0 Å². The van der Waals surface area contributed by atoms with Gasteiger partial charge in [-0.05, 0) is 43.1 Å². The van der Waals surface area contributed by atoms with E-state index in [0.717, 1.165) is 36.3 Å². The quantitative estimate of drug-likeness (QED) is 0.743. The van der Waals surface area contributed by atoms with Crippen LogP contribution in [0, 0.1) is 23.7 Å². The lowest BCUT2D eigenvalue weighted by Gasteiger charge is -2.41. The molecule has 0 bridgehead atoms. The lowest BCUT2D eigenvalue weighted by molar-refractivity contribution is 0.117. The fourth-order valence-electron chi connectivity index (χ4n) is 3.58. The Morgan fingerprint density at radius 2 is 1.56 bits per heavy atom. The normalized spacial score (nSPS) is 28.7. The fraction of sp³-hybridized carbons (Fsp3) is 1.00. The van der Waals surface area contributed by atoms with Crippen molar-refractivity contribution < 1.29 is 0 Å². The van der Waals surface area contributed by atoms with Gasteiger partial charge in [0.15, 0.2) is 0 Å². The molecule has 1 fully saturated rings. The zero-order valence-electron chi connectivity index (χ0n) is 11.9. The van der Waals surface area contributed by atoms with Crippen molar-refractivity contribution in [3.05, 3.63) is 0 Å². The predicted molar refractivity (Wildman–Crippen MR) is 72.6 cm³/mol. The van der Waals surface area contributed by atoms with Gasteiger partial charge >= 0.3 is 0 Å². The monoisotopic (exact) mass is 225 g/mol. The summed E-state index contributed by atoms with van der Waals surface area (Å²) >= 11 is 0. The highest BCUT2D eigenvalue weighted by atomic mass is 14.9. The van der Waals surface area contributed by atoms with Crippen molar-refractivity contribution in [2.24, 2.45) is 23.7 Å². The molecular formula is C15H31N. The molecule has 1 nitrogen and oxygen atoms in total. The first-order chi connectivity index (χ1) is 7.57. The first-order valence-corrected chi connectivity index (χ1v) is 7.31. The molecule has 1 saturated carbocycles. The van der Waals surface area contributed by atoms with E-state index >= 15 is 0 Å². The van der Waals surface area contributed by atoms with Gasteiger partial charge in [0.25, 0.3) is 0 Å². The van der Waals surface area contributed by atoms with Gasteiger partial charge in [-0.15, -0.1) is 0 Å². The van der Waals surface area contributed by atoms with Crippen molar-refractivity contribution in [2.75, 3.05) is 6.54 Å². The van der Waals surface area contributed by atoms with E-state index in [2.05, 4.69) is 39.9 Å². The van der Waals surface area contributed by atoms with Crippen LogP contribution in [0.5, 0.6) is 0 Å². The maximum Gasteiger partial charge on any atom is 0.0121 e. The number of rotatable bonds is 5. The Hall–Kier alpha value is -0.0400. The molecule has 0 aliphatic heterocycles. The molecule has 0 aromatic rings. The number of hydrogen-bond acceptors (Lipinski definition) is 1. The molecule has 16 heavy (non-hydrogen) atoms.